The van der Waals surface area contributed by atoms with E-state index in [0.717, 1.165) is 11.0 Å². The normalized spacial score (nSPS) is 11.1. The van der Waals surface area contributed by atoms with Crippen LogP contribution in [-0.2, 0) is 20.5 Å². The van der Waals surface area contributed by atoms with E-state index >= 15 is 0 Å². The van der Waals surface area contributed by atoms with Crippen molar-refractivity contribution in [3.8, 4) is 0 Å². The van der Waals surface area contributed by atoms with Crippen molar-refractivity contribution in [1.29, 1.82) is 0 Å². The molecule has 0 unspecified atom stereocenters. The second-order valence-corrected chi connectivity index (χ2v) is 5.78. The zero-order valence-electron chi connectivity index (χ0n) is 11.7. The van der Waals surface area contributed by atoms with Gasteiger partial charge >= 0.3 is 5.69 Å². The first-order valence-electron chi connectivity index (χ1n) is 6.50. The highest BCUT2D eigenvalue weighted by molar-refractivity contribution is 7.09. The standard InChI is InChI=1S/C13H15N5O2S/c1-17-10-9(11(19)18(2)13(17)20)15-12(16-10)14-6-5-8-4-3-7-21-8/h3-4,7H,5-6H2,1-2H3,(H2,14,15,16). The zero-order chi connectivity index (χ0) is 15.0. The first kappa shape index (κ1) is 13.6. The van der Waals surface area contributed by atoms with Crippen LogP contribution in [0.15, 0.2) is 27.1 Å². The summed E-state index contributed by atoms with van der Waals surface area (Å²) < 4.78 is 2.42. The highest BCUT2D eigenvalue weighted by atomic mass is 32.1. The van der Waals surface area contributed by atoms with Crippen LogP contribution < -0.4 is 16.6 Å². The Morgan fingerprint density at radius 2 is 2.14 bits per heavy atom. The molecular weight excluding hydrogens is 290 g/mol. The van der Waals surface area contributed by atoms with Crippen LogP contribution in [0.25, 0.3) is 11.2 Å². The van der Waals surface area contributed by atoms with Gasteiger partial charge in [-0.25, -0.2) is 4.79 Å². The number of aryl methyl sites for hydroxylation is 1. The Balaban J connectivity index is 1.88. The SMILES string of the molecule is Cn1c(=O)c2[nH]c(NCCc3cccs3)nc2n(C)c1=O. The van der Waals surface area contributed by atoms with Crippen LogP contribution in [0, 0.1) is 0 Å². The summed E-state index contributed by atoms with van der Waals surface area (Å²) in [7, 11) is 3.05. The lowest BCUT2D eigenvalue weighted by molar-refractivity contribution is 0.709. The fraction of sp³-hybridized carbons (Fsp3) is 0.308. The number of rotatable bonds is 4. The summed E-state index contributed by atoms with van der Waals surface area (Å²) in [5.41, 5.74) is -0.0593. The molecule has 3 heterocycles. The van der Waals surface area contributed by atoms with Gasteiger partial charge in [0.1, 0.15) is 0 Å². The number of aromatic amines is 1. The van der Waals surface area contributed by atoms with Gasteiger partial charge in [-0.15, -0.1) is 11.3 Å². The molecule has 110 valence electrons. The first-order valence-corrected chi connectivity index (χ1v) is 7.38. The Kier molecular flexibility index (Phi) is 3.38. The van der Waals surface area contributed by atoms with Gasteiger partial charge in [0.15, 0.2) is 11.2 Å². The average Bonchev–Trinajstić information content (AvgIpc) is 3.12. The van der Waals surface area contributed by atoms with Crippen LogP contribution in [0.3, 0.4) is 0 Å². The third-order valence-electron chi connectivity index (χ3n) is 3.34. The largest absolute Gasteiger partial charge is 0.355 e. The Bertz CT molecular complexity index is 888. The maximum atomic E-state index is 12.0. The van der Waals surface area contributed by atoms with Gasteiger partial charge in [0, 0.05) is 25.5 Å². The van der Waals surface area contributed by atoms with Gasteiger partial charge in [-0.05, 0) is 17.9 Å². The molecule has 8 heteroatoms. The van der Waals surface area contributed by atoms with Gasteiger partial charge in [0.2, 0.25) is 5.95 Å². The Labute approximate surface area is 123 Å². The van der Waals surface area contributed by atoms with Crippen LogP contribution in [0.5, 0.6) is 0 Å². The summed E-state index contributed by atoms with van der Waals surface area (Å²) in [6.45, 7) is 0.703. The highest BCUT2D eigenvalue weighted by Crippen LogP contribution is 2.11. The molecule has 0 amide bonds. The predicted octanol–water partition coefficient (Wildman–Crippen LogP) is 0.676. The molecule has 0 aliphatic carbocycles. The van der Waals surface area contributed by atoms with E-state index in [0.29, 0.717) is 23.7 Å². The van der Waals surface area contributed by atoms with Crippen molar-refractivity contribution < 1.29 is 0 Å². The van der Waals surface area contributed by atoms with E-state index in [1.807, 2.05) is 11.4 Å². The molecule has 0 spiro atoms. The number of anilines is 1. The number of thiophene rings is 1. The second-order valence-electron chi connectivity index (χ2n) is 4.75. The number of imidazole rings is 1. The predicted molar refractivity (Wildman–Crippen MR) is 83.1 cm³/mol. The van der Waals surface area contributed by atoms with Crippen molar-refractivity contribution in [2.75, 3.05) is 11.9 Å². The van der Waals surface area contributed by atoms with Crippen molar-refractivity contribution in [3.63, 3.8) is 0 Å². The van der Waals surface area contributed by atoms with Crippen LogP contribution >= 0.6 is 11.3 Å². The molecule has 0 fully saturated rings. The van der Waals surface area contributed by atoms with Crippen molar-refractivity contribution >= 4 is 28.4 Å². The lowest BCUT2D eigenvalue weighted by Gasteiger charge is -2.00. The van der Waals surface area contributed by atoms with Crippen LogP contribution in [0.4, 0.5) is 5.95 Å². The summed E-state index contributed by atoms with van der Waals surface area (Å²) in [5.74, 6) is 0.500. The summed E-state index contributed by atoms with van der Waals surface area (Å²) >= 11 is 1.70. The Hall–Kier alpha value is -2.35. The molecule has 3 rings (SSSR count). The summed E-state index contributed by atoms with van der Waals surface area (Å²) in [4.78, 5) is 32.4. The van der Waals surface area contributed by atoms with Crippen molar-refractivity contribution in [3.05, 3.63) is 43.2 Å². The molecule has 0 aliphatic rings. The molecule has 0 aliphatic heterocycles. The van der Waals surface area contributed by atoms with E-state index < -0.39 is 0 Å². The number of aromatic nitrogens is 4. The second kappa shape index (κ2) is 5.21. The minimum Gasteiger partial charge on any atom is -0.355 e. The molecule has 3 aromatic heterocycles. The maximum absolute atomic E-state index is 12.0. The number of nitrogens with one attached hydrogen (secondary N) is 2. The van der Waals surface area contributed by atoms with E-state index in [2.05, 4.69) is 21.4 Å². The maximum Gasteiger partial charge on any atom is 0.332 e. The van der Waals surface area contributed by atoms with Gasteiger partial charge < -0.3 is 10.3 Å². The third kappa shape index (κ3) is 2.38. The molecule has 0 aromatic carbocycles. The van der Waals surface area contributed by atoms with E-state index in [1.54, 1.807) is 18.4 Å². The lowest BCUT2D eigenvalue weighted by atomic mass is 10.3. The van der Waals surface area contributed by atoms with Crippen LogP contribution in [-0.4, -0.2) is 25.6 Å². The van der Waals surface area contributed by atoms with E-state index in [4.69, 9.17) is 0 Å². The number of hydrogen-bond acceptors (Lipinski definition) is 5. The molecule has 0 bridgehead atoms. The topological polar surface area (TPSA) is 84.7 Å². The van der Waals surface area contributed by atoms with Gasteiger partial charge in [0.25, 0.3) is 5.56 Å². The molecule has 0 saturated carbocycles. The molecular formula is C13H15N5O2S. The van der Waals surface area contributed by atoms with Gasteiger partial charge in [0.05, 0.1) is 0 Å². The first-order chi connectivity index (χ1) is 10.1. The fourth-order valence-electron chi connectivity index (χ4n) is 2.17. The van der Waals surface area contributed by atoms with Gasteiger partial charge in [-0.2, -0.15) is 4.98 Å². The molecule has 0 atom stereocenters. The van der Waals surface area contributed by atoms with Gasteiger partial charge in [-0.3, -0.25) is 13.9 Å². The number of fused-ring (bicyclic) bond motifs is 1. The molecule has 21 heavy (non-hydrogen) atoms. The molecule has 7 nitrogen and oxygen atoms in total. The van der Waals surface area contributed by atoms with E-state index in [-0.39, 0.29) is 11.2 Å². The third-order valence-corrected chi connectivity index (χ3v) is 4.27. The monoisotopic (exact) mass is 305 g/mol. The Morgan fingerprint density at radius 3 is 2.86 bits per heavy atom. The van der Waals surface area contributed by atoms with Crippen LogP contribution in [0.1, 0.15) is 4.88 Å². The molecule has 0 radical (unpaired) electrons. The molecule has 2 N–H and O–H groups in total. The minimum absolute atomic E-state index is 0.332. The number of nitrogens with zero attached hydrogens (tertiary/aromatic N) is 3. The van der Waals surface area contributed by atoms with Gasteiger partial charge in [-0.1, -0.05) is 6.07 Å². The quantitative estimate of drug-likeness (QED) is 0.742. The van der Waals surface area contributed by atoms with Crippen molar-refractivity contribution in [2.45, 2.75) is 6.42 Å². The summed E-state index contributed by atoms with van der Waals surface area (Å²) in [5, 5.41) is 5.18. The molecule has 3 aromatic rings. The molecule has 0 saturated heterocycles. The number of hydrogen-bond donors (Lipinski definition) is 2. The zero-order valence-corrected chi connectivity index (χ0v) is 12.5. The van der Waals surface area contributed by atoms with E-state index in [1.165, 1.54) is 16.5 Å². The van der Waals surface area contributed by atoms with Crippen LogP contribution in [0.2, 0.25) is 0 Å². The minimum atomic E-state index is -0.385. The van der Waals surface area contributed by atoms with Crippen molar-refractivity contribution in [1.82, 2.24) is 19.1 Å². The summed E-state index contributed by atoms with van der Waals surface area (Å²) in [6.07, 6.45) is 0.881. The highest BCUT2D eigenvalue weighted by Gasteiger charge is 2.12. The van der Waals surface area contributed by atoms with Crippen molar-refractivity contribution in [2.24, 2.45) is 14.1 Å². The number of H-pyrrole nitrogens is 1. The summed E-state index contributed by atoms with van der Waals surface area (Å²) in [6, 6.07) is 4.09. The smallest absolute Gasteiger partial charge is 0.332 e. The lowest BCUT2D eigenvalue weighted by Crippen LogP contribution is -2.36. The average molecular weight is 305 g/mol. The fourth-order valence-corrected chi connectivity index (χ4v) is 2.88. The Morgan fingerprint density at radius 1 is 1.33 bits per heavy atom. The van der Waals surface area contributed by atoms with E-state index in [9.17, 15) is 9.59 Å².